The number of carbonyl (C=O) groups is 2. The summed E-state index contributed by atoms with van der Waals surface area (Å²) in [6.45, 7) is 3.57. The van der Waals surface area contributed by atoms with Crippen molar-refractivity contribution < 1.29 is 14.3 Å². The first-order valence-corrected chi connectivity index (χ1v) is 6.46. The lowest BCUT2D eigenvalue weighted by molar-refractivity contribution is 0.0599. The van der Waals surface area contributed by atoms with Crippen molar-refractivity contribution in [1.82, 2.24) is 4.98 Å². The van der Waals surface area contributed by atoms with E-state index in [9.17, 15) is 9.59 Å². The molecule has 2 rings (SSSR count). The van der Waals surface area contributed by atoms with Gasteiger partial charge in [0.2, 0.25) is 0 Å². The Morgan fingerprint density at radius 3 is 2.48 bits per heavy atom. The SMILES string of the molecule is COC(=O)c1cccc(NC(=O)c2cccc(C)n2)c1C. The monoisotopic (exact) mass is 284 g/mol. The highest BCUT2D eigenvalue weighted by Crippen LogP contribution is 2.20. The van der Waals surface area contributed by atoms with Gasteiger partial charge in [0.1, 0.15) is 5.69 Å². The quantitative estimate of drug-likeness (QED) is 0.880. The summed E-state index contributed by atoms with van der Waals surface area (Å²) in [5, 5.41) is 2.76. The molecule has 1 aromatic heterocycles. The number of methoxy groups -OCH3 is 1. The van der Waals surface area contributed by atoms with Gasteiger partial charge in [0.05, 0.1) is 12.7 Å². The van der Waals surface area contributed by atoms with Gasteiger partial charge in [-0.25, -0.2) is 9.78 Å². The first kappa shape index (κ1) is 14.7. The van der Waals surface area contributed by atoms with E-state index in [1.807, 2.05) is 13.0 Å². The third kappa shape index (κ3) is 3.25. The van der Waals surface area contributed by atoms with Gasteiger partial charge < -0.3 is 10.1 Å². The normalized spacial score (nSPS) is 10.0. The van der Waals surface area contributed by atoms with Crippen LogP contribution in [-0.4, -0.2) is 24.0 Å². The zero-order valence-electron chi connectivity index (χ0n) is 12.1. The second-order valence-electron chi connectivity index (χ2n) is 4.59. The molecule has 108 valence electrons. The summed E-state index contributed by atoms with van der Waals surface area (Å²) in [5.41, 5.74) is 2.74. The van der Waals surface area contributed by atoms with Gasteiger partial charge in [-0.1, -0.05) is 12.1 Å². The second-order valence-corrected chi connectivity index (χ2v) is 4.59. The smallest absolute Gasteiger partial charge is 0.338 e. The topological polar surface area (TPSA) is 68.3 Å². The molecule has 0 saturated carbocycles. The number of nitrogens with one attached hydrogen (secondary N) is 1. The van der Waals surface area contributed by atoms with Crippen LogP contribution >= 0.6 is 0 Å². The van der Waals surface area contributed by atoms with E-state index in [-0.39, 0.29) is 5.91 Å². The van der Waals surface area contributed by atoms with Gasteiger partial charge in [0.15, 0.2) is 0 Å². The number of aryl methyl sites for hydroxylation is 1. The van der Waals surface area contributed by atoms with Crippen LogP contribution in [0.15, 0.2) is 36.4 Å². The third-order valence-corrected chi connectivity index (χ3v) is 3.11. The lowest BCUT2D eigenvalue weighted by Crippen LogP contribution is -2.16. The van der Waals surface area contributed by atoms with Crippen LogP contribution in [0.3, 0.4) is 0 Å². The summed E-state index contributed by atoms with van der Waals surface area (Å²) in [5.74, 6) is -0.749. The molecule has 0 fully saturated rings. The molecule has 5 nitrogen and oxygen atoms in total. The fraction of sp³-hybridized carbons (Fsp3) is 0.188. The Morgan fingerprint density at radius 2 is 1.81 bits per heavy atom. The van der Waals surface area contributed by atoms with E-state index >= 15 is 0 Å². The molecule has 1 heterocycles. The highest BCUT2D eigenvalue weighted by atomic mass is 16.5. The Morgan fingerprint density at radius 1 is 1.10 bits per heavy atom. The molecule has 0 saturated heterocycles. The van der Waals surface area contributed by atoms with Crippen LogP contribution < -0.4 is 5.32 Å². The molecule has 0 unspecified atom stereocenters. The van der Waals surface area contributed by atoms with Gasteiger partial charge >= 0.3 is 5.97 Å². The van der Waals surface area contributed by atoms with Crippen molar-refractivity contribution in [3.05, 3.63) is 58.9 Å². The molecule has 2 aromatic rings. The molecular weight excluding hydrogens is 268 g/mol. The van der Waals surface area contributed by atoms with E-state index in [0.29, 0.717) is 22.5 Å². The zero-order valence-corrected chi connectivity index (χ0v) is 12.1. The van der Waals surface area contributed by atoms with Crippen LogP contribution in [0.4, 0.5) is 5.69 Å². The summed E-state index contributed by atoms with van der Waals surface area (Å²) < 4.78 is 4.71. The van der Waals surface area contributed by atoms with Crippen LogP contribution in [-0.2, 0) is 4.74 Å². The minimum absolute atomic E-state index is 0.316. The van der Waals surface area contributed by atoms with Crippen LogP contribution in [0.1, 0.15) is 32.1 Å². The average Bonchev–Trinajstić information content (AvgIpc) is 2.48. The van der Waals surface area contributed by atoms with Crippen molar-refractivity contribution in [2.24, 2.45) is 0 Å². The Hall–Kier alpha value is -2.69. The summed E-state index contributed by atoms with van der Waals surface area (Å²) >= 11 is 0. The molecule has 0 aliphatic carbocycles. The van der Waals surface area contributed by atoms with Crippen molar-refractivity contribution in [3.63, 3.8) is 0 Å². The summed E-state index contributed by atoms with van der Waals surface area (Å²) in [7, 11) is 1.32. The predicted octanol–water partition coefficient (Wildman–Crippen LogP) is 2.74. The molecule has 5 heteroatoms. The summed E-state index contributed by atoms with van der Waals surface area (Å²) in [4.78, 5) is 28.0. The molecule has 0 bridgehead atoms. The van der Waals surface area contributed by atoms with Gasteiger partial charge in [-0.15, -0.1) is 0 Å². The fourth-order valence-corrected chi connectivity index (χ4v) is 1.96. The highest BCUT2D eigenvalue weighted by Gasteiger charge is 2.14. The number of amides is 1. The first-order valence-electron chi connectivity index (χ1n) is 6.46. The number of anilines is 1. The van der Waals surface area contributed by atoms with E-state index in [4.69, 9.17) is 4.74 Å². The van der Waals surface area contributed by atoms with E-state index in [1.165, 1.54) is 7.11 Å². The van der Waals surface area contributed by atoms with Gasteiger partial charge in [0, 0.05) is 11.4 Å². The minimum Gasteiger partial charge on any atom is -0.465 e. The van der Waals surface area contributed by atoms with E-state index < -0.39 is 5.97 Å². The molecular formula is C16H16N2O3. The number of esters is 1. The molecule has 0 spiro atoms. The Balaban J connectivity index is 2.28. The Labute approximate surface area is 123 Å². The zero-order chi connectivity index (χ0) is 15.4. The lowest BCUT2D eigenvalue weighted by atomic mass is 10.1. The standard InChI is InChI=1S/C16H16N2O3/c1-10-6-4-9-14(17-10)15(19)18-13-8-5-7-12(11(13)2)16(20)21-3/h4-9H,1-3H3,(H,18,19). The number of ether oxygens (including phenoxy) is 1. The first-order chi connectivity index (χ1) is 10.0. The fourth-order valence-electron chi connectivity index (χ4n) is 1.96. The minimum atomic E-state index is -0.433. The number of aromatic nitrogens is 1. The number of pyridine rings is 1. The number of carbonyl (C=O) groups excluding carboxylic acids is 2. The molecule has 1 amide bonds. The van der Waals surface area contributed by atoms with E-state index in [1.54, 1.807) is 37.3 Å². The maximum Gasteiger partial charge on any atom is 0.338 e. The van der Waals surface area contributed by atoms with Crippen LogP contribution in [0, 0.1) is 13.8 Å². The van der Waals surface area contributed by atoms with Crippen molar-refractivity contribution in [1.29, 1.82) is 0 Å². The molecule has 0 aliphatic rings. The van der Waals surface area contributed by atoms with Gasteiger partial charge in [-0.2, -0.15) is 0 Å². The molecule has 0 aliphatic heterocycles. The summed E-state index contributed by atoms with van der Waals surface area (Å²) in [6, 6.07) is 10.3. The number of nitrogens with zero attached hydrogens (tertiary/aromatic N) is 1. The number of hydrogen-bond acceptors (Lipinski definition) is 4. The van der Waals surface area contributed by atoms with Crippen LogP contribution in [0.2, 0.25) is 0 Å². The lowest BCUT2D eigenvalue weighted by Gasteiger charge is -2.11. The maximum absolute atomic E-state index is 12.2. The highest BCUT2D eigenvalue weighted by molar-refractivity contribution is 6.04. The van der Waals surface area contributed by atoms with Crippen LogP contribution in [0.25, 0.3) is 0 Å². The number of hydrogen-bond donors (Lipinski definition) is 1. The maximum atomic E-state index is 12.2. The molecule has 21 heavy (non-hydrogen) atoms. The second kappa shape index (κ2) is 6.17. The molecule has 1 N–H and O–H groups in total. The van der Waals surface area contributed by atoms with E-state index in [2.05, 4.69) is 10.3 Å². The van der Waals surface area contributed by atoms with Crippen molar-refractivity contribution in [3.8, 4) is 0 Å². The van der Waals surface area contributed by atoms with Crippen LogP contribution in [0.5, 0.6) is 0 Å². The average molecular weight is 284 g/mol. The predicted molar refractivity (Wildman–Crippen MR) is 79.4 cm³/mol. The Bertz CT molecular complexity index is 696. The van der Waals surface area contributed by atoms with Gasteiger partial charge in [0.25, 0.3) is 5.91 Å². The third-order valence-electron chi connectivity index (χ3n) is 3.11. The molecule has 0 radical (unpaired) electrons. The summed E-state index contributed by atoms with van der Waals surface area (Å²) in [6.07, 6.45) is 0. The Kier molecular flexibility index (Phi) is 4.33. The van der Waals surface area contributed by atoms with Crippen molar-refractivity contribution >= 4 is 17.6 Å². The number of rotatable bonds is 3. The van der Waals surface area contributed by atoms with E-state index in [0.717, 1.165) is 5.69 Å². The van der Waals surface area contributed by atoms with Crippen molar-refractivity contribution in [2.45, 2.75) is 13.8 Å². The van der Waals surface area contributed by atoms with Gasteiger partial charge in [-0.3, -0.25) is 4.79 Å². The van der Waals surface area contributed by atoms with Gasteiger partial charge in [-0.05, 0) is 43.7 Å². The van der Waals surface area contributed by atoms with Crippen molar-refractivity contribution in [2.75, 3.05) is 12.4 Å². The molecule has 1 aromatic carbocycles. The number of benzene rings is 1. The molecule has 0 atom stereocenters. The largest absolute Gasteiger partial charge is 0.465 e.